The molecule has 1 aromatic heterocycles. The lowest BCUT2D eigenvalue weighted by atomic mass is 10.1. The average Bonchev–Trinajstić information content (AvgIpc) is 3.16. The van der Waals surface area contributed by atoms with E-state index in [9.17, 15) is 17.2 Å². The maximum Gasteiger partial charge on any atom is 0.341 e. The third-order valence-electron chi connectivity index (χ3n) is 3.96. The molecule has 0 aliphatic rings. The number of anilines is 1. The van der Waals surface area contributed by atoms with Crippen molar-refractivity contribution in [3.8, 4) is 5.69 Å². The molecule has 1 heterocycles. The molecule has 1 N–H and O–H groups in total. The van der Waals surface area contributed by atoms with Gasteiger partial charge in [-0.3, -0.25) is 0 Å². The Kier molecular flexibility index (Phi) is 5.03. The zero-order chi connectivity index (χ0) is 18.7. The predicted octanol–water partition coefficient (Wildman–Crippen LogP) is 4.04. The standard InChI is InChI=1S/C18H17F2N3O2S/c1-13(16-5-2-3-6-17(16)23-12-4-11-21-23)22-14-7-9-15(10-8-14)26(24,25)18(19)20/h2-13,18,22H,1H3. The molecule has 8 heteroatoms. The van der Waals surface area contributed by atoms with E-state index >= 15 is 0 Å². The van der Waals surface area contributed by atoms with E-state index < -0.39 is 20.5 Å². The Morgan fingerprint density at radius 3 is 2.35 bits per heavy atom. The van der Waals surface area contributed by atoms with Crippen molar-refractivity contribution < 1.29 is 17.2 Å². The molecule has 0 bridgehead atoms. The van der Waals surface area contributed by atoms with E-state index in [1.54, 1.807) is 10.9 Å². The summed E-state index contributed by atoms with van der Waals surface area (Å²) in [7, 11) is -4.58. The summed E-state index contributed by atoms with van der Waals surface area (Å²) >= 11 is 0. The van der Waals surface area contributed by atoms with Gasteiger partial charge in [-0.2, -0.15) is 13.9 Å². The molecule has 0 amide bonds. The number of halogens is 2. The second-order valence-corrected chi connectivity index (χ2v) is 7.62. The molecular formula is C18H17F2N3O2S. The van der Waals surface area contributed by atoms with E-state index in [0.29, 0.717) is 5.69 Å². The first-order valence-electron chi connectivity index (χ1n) is 7.87. The number of sulfone groups is 1. The Morgan fingerprint density at radius 1 is 1.04 bits per heavy atom. The van der Waals surface area contributed by atoms with Crippen LogP contribution in [0.15, 0.2) is 71.9 Å². The quantitative estimate of drug-likeness (QED) is 0.704. The minimum Gasteiger partial charge on any atom is -0.378 e. The first-order valence-corrected chi connectivity index (χ1v) is 9.42. The highest BCUT2D eigenvalue weighted by Gasteiger charge is 2.26. The fourth-order valence-corrected chi connectivity index (χ4v) is 3.37. The Hall–Kier alpha value is -2.74. The maximum absolute atomic E-state index is 12.6. The van der Waals surface area contributed by atoms with Gasteiger partial charge in [0.2, 0.25) is 9.84 Å². The van der Waals surface area contributed by atoms with Crippen molar-refractivity contribution in [1.29, 1.82) is 0 Å². The van der Waals surface area contributed by atoms with Crippen LogP contribution < -0.4 is 5.32 Å². The minimum atomic E-state index is -4.58. The summed E-state index contributed by atoms with van der Waals surface area (Å²) in [4.78, 5) is -0.400. The van der Waals surface area contributed by atoms with Crippen molar-refractivity contribution >= 4 is 15.5 Å². The molecule has 1 atom stereocenters. The lowest BCUT2D eigenvalue weighted by Gasteiger charge is -2.19. The monoisotopic (exact) mass is 377 g/mol. The predicted molar refractivity (Wildman–Crippen MR) is 95.2 cm³/mol. The molecule has 26 heavy (non-hydrogen) atoms. The first kappa shape index (κ1) is 18.1. The van der Waals surface area contributed by atoms with Crippen LogP contribution in [0.25, 0.3) is 5.69 Å². The summed E-state index contributed by atoms with van der Waals surface area (Å²) in [5.41, 5.74) is 2.52. The second kappa shape index (κ2) is 7.25. The van der Waals surface area contributed by atoms with Gasteiger partial charge in [0.25, 0.3) is 0 Å². The molecule has 0 aliphatic carbocycles. The van der Waals surface area contributed by atoms with E-state index in [-0.39, 0.29) is 6.04 Å². The van der Waals surface area contributed by atoms with Crippen LogP contribution in [0.3, 0.4) is 0 Å². The number of hydrogen-bond donors (Lipinski definition) is 1. The summed E-state index contributed by atoms with van der Waals surface area (Å²) in [6.07, 6.45) is 3.53. The molecule has 136 valence electrons. The van der Waals surface area contributed by atoms with E-state index in [1.807, 2.05) is 43.5 Å². The molecule has 3 aromatic rings. The van der Waals surface area contributed by atoms with Gasteiger partial charge in [-0.05, 0) is 48.9 Å². The van der Waals surface area contributed by atoms with Crippen LogP contribution >= 0.6 is 0 Å². The SMILES string of the molecule is CC(Nc1ccc(S(=O)(=O)C(F)F)cc1)c1ccccc1-n1cccn1. The first-order chi connectivity index (χ1) is 12.4. The highest BCUT2D eigenvalue weighted by molar-refractivity contribution is 7.91. The highest BCUT2D eigenvalue weighted by atomic mass is 32.2. The van der Waals surface area contributed by atoms with Gasteiger partial charge in [-0.15, -0.1) is 0 Å². The van der Waals surface area contributed by atoms with Gasteiger partial charge in [-0.1, -0.05) is 18.2 Å². The van der Waals surface area contributed by atoms with Crippen molar-refractivity contribution in [3.63, 3.8) is 0 Å². The summed E-state index contributed by atoms with van der Waals surface area (Å²) in [6, 6.07) is 14.8. The van der Waals surface area contributed by atoms with E-state index in [2.05, 4.69) is 10.4 Å². The van der Waals surface area contributed by atoms with E-state index in [1.165, 1.54) is 24.3 Å². The van der Waals surface area contributed by atoms with E-state index in [0.717, 1.165) is 11.3 Å². The molecule has 0 radical (unpaired) electrons. The largest absolute Gasteiger partial charge is 0.378 e. The van der Waals surface area contributed by atoms with Gasteiger partial charge in [0.05, 0.1) is 16.6 Å². The maximum atomic E-state index is 12.6. The molecule has 2 aromatic carbocycles. The highest BCUT2D eigenvalue weighted by Crippen LogP contribution is 2.26. The van der Waals surface area contributed by atoms with Crippen molar-refractivity contribution in [2.24, 2.45) is 0 Å². The van der Waals surface area contributed by atoms with Crippen molar-refractivity contribution in [2.75, 3.05) is 5.32 Å². The zero-order valence-electron chi connectivity index (χ0n) is 13.9. The van der Waals surface area contributed by atoms with Crippen LogP contribution in [-0.4, -0.2) is 24.0 Å². The minimum absolute atomic E-state index is 0.118. The third-order valence-corrected chi connectivity index (χ3v) is 5.35. The molecule has 5 nitrogen and oxygen atoms in total. The summed E-state index contributed by atoms with van der Waals surface area (Å²) in [5.74, 6) is -3.43. The molecule has 0 saturated heterocycles. The summed E-state index contributed by atoms with van der Waals surface area (Å²) in [6.45, 7) is 1.95. The number of nitrogens with zero attached hydrogens (tertiary/aromatic N) is 2. The number of para-hydroxylation sites is 1. The Bertz CT molecular complexity index is 972. The van der Waals surface area contributed by atoms with Gasteiger partial charge < -0.3 is 5.32 Å². The summed E-state index contributed by atoms with van der Waals surface area (Å²) in [5, 5.41) is 7.49. The zero-order valence-corrected chi connectivity index (χ0v) is 14.7. The van der Waals surface area contributed by atoms with Crippen molar-refractivity contribution in [1.82, 2.24) is 9.78 Å². The van der Waals surface area contributed by atoms with Crippen LogP contribution in [0.5, 0.6) is 0 Å². The van der Waals surface area contributed by atoms with Crippen LogP contribution in [0.2, 0.25) is 0 Å². The van der Waals surface area contributed by atoms with Crippen molar-refractivity contribution in [2.45, 2.75) is 23.6 Å². The lowest BCUT2D eigenvalue weighted by molar-refractivity contribution is 0.234. The molecular weight excluding hydrogens is 360 g/mol. The second-order valence-electron chi connectivity index (χ2n) is 5.71. The van der Waals surface area contributed by atoms with Crippen LogP contribution in [0.1, 0.15) is 18.5 Å². The van der Waals surface area contributed by atoms with Crippen molar-refractivity contribution in [3.05, 3.63) is 72.6 Å². The normalized spacial score (nSPS) is 12.9. The molecule has 1 unspecified atom stereocenters. The van der Waals surface area contributed by atoms with Gasteiger partial charge in [-0.25, -0.2) is 13.1 Å². The molecule has 0 spiro atoms. The smallest absolute Gasteiger partial charge is 0.341 e. The number of nitrogens with one attached hydrogen (secondary N) is 1. The Morgan fingerprint density at radius 2 is 1.73 bits per heavy atom. The lowest BCUT2D eigenvalue weighted by Crippen LogP contribution is -2.12. The Balaban J connectivity index is 1.82. The van der Waals surface area contributed by atoms with Crippen LogP contribution in [0, 0.1) is 0 Å². The Labute approximate surface area is 150 Å². The van der Waals surface area contributed by atoms with Gasteiger partial charge in [0, 0.05) is 18.1 Å². The molecule has 0 aliphatic heterocycles. The van der Waals surface area contributed by atoms with Gasteiger partial charge in [0.15, 0.2) is 0 Å². The van der Waals surface area contributed by atoms with Crippen LogP contribution in [-0.2, 0) is 9.84 Å². The van der Waals surface area contributed by atoms with Crippen LogP contribution in [0.4, 0.5) is 14.5 Å². The number of rotatable bonds is 6. The fraction of sp³-hybridized carbons (Fsp3) is 0.167. The van der Waals surface area contributed by atoms with E-state index in [4.69, 9.17) is 0 Å². The topological polar surface area (TPSA) is 64.0 Å². The number of alkyl halides is 2. The number of aromatic nitrogens is 2. The van der Waals surface area contributed by atoms with Gasteiger partial charge >= 0.3 is 5.76 Å². The molecule has 0 saturated carbocycles. The number of hydrogen-bond acceptors (Lipinski definition) is 4. The molecule has 0 fully saturated rings. The number of benzene rings is 2. The fourth-order valence-electron chi connectivity index (χ4n) is 2.65. The van der Waals surface area contributed by atoms with Gasteiger partial charge in [0.1, 0.15) is 0 Å². The average molecular weight is 377 g/mol. The summed E-state index contributed by atoms with van der Waals surface area (Å²) < 4.78 is 49.9. The third kappa shape index (κ3) is 3.60. The molecule has 3 rings (SSSR count).